The first kappa shape index (κ1) is 14.0. The fourth-order valence-electron chi connectivity index (χ4n) is 4.00. The first-order chi connectivity index (χ1) is 10.8. The second kappa shape index (κ2) is 5.56. The summed E-state index contributed by atoms with van der Waals surface area (Å²) >= 11 is 0. The molecule has 3 aliphatic heterocycles. The van der Waals surface area contributed by atoms with Crippen molar-refractivity contribution in [1.82, 2.24) is 10.6 Å². The number of nitrogens with zero attached hydrogens (tertiary/aromatic N) is 1. The molecule has 1 atom stereocenters. The second-order valence-electron chi connectivity index (χ2n) is 6.75. The van der Waals surface area contributed by atoms with Crippen LogP contribution < -0.4 is 20.9 Å². The van der Waals surface area contributed by atoms with Crippen LogP contribution in [0.15, 0.2) is 24.3 Å². The second-order valence-corrected chi connectivity index (χ2v) is 6.75. The number of hydrogen-bond donors (Lipinski definition) is 3. The quantitative estimate of drug-likeness (QED) is 0.768. The third kappa shape index (κ3) is 2.29. The summed E-state index contributed by atoms with van der Waals surface area (Å²) in [4.78, 5) is 15.3. The first-order valence-corrected chi connectivity index (χ1v) is 8.39. The van der Waals surface area contributed by atoms with Crippen LogP contribution in [0.1, 0.15) is 19.3 Å². The lowest BCUT2D eigenvalue weighted by molar-refractivity contribution is -0.124. The van der Waals surface area contributed by atoms with Gasteiger partial charge in [-0.3, -0.25) is 4.79 Å². The number of carbonyl (C=O) groups excluding carboxylic acids is 1. The monoisotopic (exact) mass is 300 g/mol. The molecule has 0 aromatic heterocycles. The Bertz CT molecular complexity index is 562. The fraction of sp³-hybridized carbons (Fsp3) is 0.588. The van der Waals surface area contributed by atoms with E-state index in [-0.39, 0.29) is 5.91 Å². The molecule has 3 aliphatic rings. The van der Waals surface area contributed by atoms with Crippen LogP contribution in [0, 0.1) is 5.92 Å². The van der Waals surface area contributed by atoms with E-state index >= 15 is 0 Å². The van der Waals surface area contributed by atoms with Crippen molar-refractivity contribution >= 4 is 17.3 Å². The van der Waals surface area contributed by atoms with E-state index in [1.807, 2.05) is 12.1 Å². The molecule has 1 spiro atoms. The molecule has 0 unspecified atom stereocenters. The molecule has 3 N–H and O–H groups in total. The highest BCUT2D eigenvalue weighted by molar-refractivity contribution is 6.08. The molecule has 3 heterocycles. The molecule has 0 aliphatic carbocycles. The lowest BCUT2D eigenvalue weighted by atomic mass is 9.84. The Balaban J connectivity index is 1.68. The van der Waals surface area contributed by atoms with E-state index in [9.17, 15) is 4.79 Å². The molecule has 1 amide bonds. The highest BCUT2D eigenvalue weighted by Crippen LogP contribution is 2.39. The highest BCUT2D eigenvalue weighted by atomic mass is 16.2. The van der Waals surface area contributed by atoms with Crippen LogP contribution in [0.4, 0.5) is 11.4 Å². The SMILES string of the molecule is O=C1N(C[C@@H]2CCNC2)c2ccccc2NC12CCNCC2. The molecular weight excluding hydrogens is 276 g/mol. The average molecular weight is 300 g/mol. The third-order valence-electron chi connectivity index (χ3n) is 5.28. The predicted molar refractivity (Wildman–Crippen MR) is 88.2 cm³/mol. The molecule has 0 saturated carbocycles. The van der Waals surface area contributed by atoms with E-state index in [0.29, 0.717) is 5.92 Å². The van der Waals surface area contributed by atoms with E-state index < -0.39 is 5.54 Å². The number of para-hydroxylation sites is 2. The molecular formula is C17H24N4O. The van der Waals surface area contributed by atoms with Gasteiger partial charge in [0, 0.05) is 6.54 Å². The molecule has 5 nitrogen and oxygen atoms in total. The molecule has 5 heteroatoms. The van der Waals surface area contributed by atoms with Gasteiger partial charge in [-0.15, -0.1) is 0 Å². The van der Waals surface area contributed by atoms with Gasteiger partial charge in [0.05, 0.1) is 11.4 Å². The van der Waals surface area contributed by atoms with Crippen LogP contribution in [0.2, 0.25) is 0 Å². The number of rotatable bonds is 2. The number of fused-ring (bicyclic) bond motifs is 1. The van der Waals surface area contributed by atoms with Crippen molar-refractivity contribution in [3.63, 3.8) is 0 Å². The zero-order chi connectivity index (χ0) is 15.0. The summed E-state index contributed by atoms with van der Waals surface area (Å²) in [5.74, 6) is 0.827. The normalized spacial score (nSPS) is 26.8. The summed E-state index contributed by atoms with van der Waals surface area (Å²) in [5.41, 5.74) is 1.74. The van der Waals surface area contributed by atoms with Gasteiger partial charge in [0.15, 0.2) is 0 Å². The van der Waals surface area contributed by atoms with E-state index in [1.165, 1.54) is 0 Å². The number of anilines is 2. The lowest BCUT2D eigenvalue weighted by Crippen LogP contribution is -2.62. The van der Waals surface area contributed by atoms with E-state index in [1.54, 1.807) is 0 Å². The Labute approximate surface area is 131 Å². The third-order valence-corrected chi connectivity index (χ3v) is 5.28. The summed E-state index contributed by atoms with van der Waals surface area (Å²) in [5, 5.41) is 10.3. The molecule has 22 heavy (non-hydrogen) atoms. The van der Waals surface area contributed by atoms with Crippen molar-refractivity contribution in [2.75, 3.05) is 42.9 Å². The van der Waals surface area contributed by atoms with Gasteiger partial charge >= 0.3 is 0 Å². The molecule has 1 aromatic rings. The van der Waals surface area contributed by atoms with Gasteiger partial charge in [0.1, 0.15) is 5.54 Å². The largest absolute Gasteiger partial charge is 0.369 e. The highest BCUT2D eigenvalue weighted by Gasteiger charge is 2.46. The van der Waals surface area contributed by atoms with Crippen molar-refractivity contribution in [3.05, 3.63) is 24.3 Å². The molecule has 0 radical (unpaired) electrons. The first-order valence-electron chi connectivity index (χ1n) is 8.39. The van der Waals surface area contributed by atoms with Crippen LogP contribution in [0.5, 0.6) is 0 Å². The van der Waals surface area contributed by atoms with Crippen LogP contribution >= 0.6 is 0 Å². The fourth-order valence-corrected chi connectivity index (χ4v) is 4.00. The van der Waals surface area contributed by atoms with Gasteiger partial charge < -0.3 is 20.9 Å². The summed E-state index contributed by atoms with van der Waals surface area (Å²) in [6, 6.07) is 8.24. The minimum atomic E-state index is -0.411. The zero-order valence-electron chi connectivity index (χ0n) is 12.9. The van der Waals surface area contributed by atoms with Gasteiger partial charge in [-0.05, 0) is 63.5 Å². The summed E-state index contributed by atoms with van der Waals surface area (Å²) in [6.07, 6.45) is 2.88. The molecule has 4 rings (SSSR count). The number of carbonyl (C=O) groups is 1. The lowest BCUT2D eigenvalue weighted by Gasteiger charge is -2.46. The van der Waals surface area contributed by atoms with Gasteiger partial charge in [0.2, 0.25) is 0 Å². The Hall–Kier alpha value is -1.59. The van der Waals surface area contributed by atoms with Crippen LogP contribution in [-0.4, -0.2) is 44.2 Å². The van der Waals surface area contributed by atoms with Crippen LogP contribution in [0.25, 0.3) is 0 Å². The van der Waals surface area contributed by atoms with Crippen LogP contribution in [-0.2, 0) is 4.79 Å². The average Bonchev–Trinajstić information content (AvgIpc) is 3.06. The van der Waals surface area contributed by atoms with Gasteiger partial charge in [-0.2, -0.15) is 0 Å². The smallest absolute Gasteiger partial charge is 0.252 e. The molecule has 2 saturated heterocycles. The van der Waals surface area contributed by atoms with Crippen molar-refractivity contribution < 1.29 is 4.79 Å². The van der Waals surface area contributed by atoms with Crippen molar-refractivity contribution in [2.45, 2.75) is 24.8 Å². The number of hydrogen-bond acceptors (Lipinski definition) is 4. The minimum absolute atomic E-state index is 0.264. The van der Waals surface area contributed by atoms with Gasteiger partial charge in [-0.25, -0.2) is 0 Å². The van der Waals surface area contributed by atoms with Crippen molar-refractivity contribution in [1.29, 1.82) is 0 Å². The van der Waals surface area contributed by atoms with Crippen molar-refractivity contribution in [2.24, 2.45) is 5.92 Å². The maximum atomic E-state index is 13.3. The van der Waals surface area contributed by atoms with Crippen LogP contribution in [0.3, 0.4) is 0 Å². The summed E-state index contributed by atoms with van der Waals surface area (Å²) in [7, 11) is 0. The molecule has 2 fully saturated rings. The maximum Gasteiger partial charge on any atom is 0.252 e. The van der Waals surface area contributed by atoms with E-state index in [2.05, 4.69) is 33.0 Å². The molecule has 1 aromatic carbocycles. The van der Waals surface area contributed by atoms with Gasteiger partial charge in [0.25, 0.3) is 5.91 Å². The number of amides is 1. The summed E-state index contributed by atoms with van der Waals surface area (Å²) in [6.45, 7) is 4.73. The summed E-state index contributed by atoms with van der Waals surface area (Å²) < 4.78 is 0. The van der Waals surface area contributed by atoms with E-state index in [4.69, 9.17) is 0 Å². The Morgan fingerprint density at radius 3 is 2.73 bits per heavy atom. The van der Waals surface area contributed by atoms with Gasteiger partial charge in [-0.1, -0.05) is 12.1 Å². The zero-order valence-corrected chi connectivity index (χ0v) is 12.9. The Morgan fingerprint density at radius 1 is 1.14 bits per heavy atom. The minimum Gasteiger partial charge on any atom is -0.369 e. The Morgan fingerprint density at radius 2 is 1.95 bits per heavy atom. The van der Waals surface area contributed by atoms with Crippen molar-refractivity contribution in [3.8, 4) is 0 Å². The topological polar surface area (TPSA) is 56.4 Å². The Kier molecular flexibility index (Phi) is 3.54. The standard InChI is InChI=1S/C17H24N4O/c22-16-17(6-9-18-10-7-17)20-14-3-1-2-4-15(14)21(16)12-13-5-8-19-11-13/h1-4,13,18-20H,5-12H2/t13-/m1/s1. The number of piperidine rings is 1. The number of nitrogens with one attached hydrogen (secondary N) is 3. The predicted octanol–water partition coefficient (Wildman–Crippen LogP) is 1.18. The maximum absolute atomic E-state index is 13.3. The molecule has 0 bridgehead atoms. The number of benzene rings is 1. The molecule has 118 valence electrons. The van der Waals surface area contributed by atoms with E-state index in [0.717, 1.165) is 63.4 Å².